The Morgan fingerprint density at radius 3 is 2.38 bits per heavy atom. The van der Waals surface area contributed by atoms with Crippen LogP contribution in [0.5, 0.6) is 5.75 Å². The second-order valence-electron chi connectivity index (χ2n) is 10.3. The number of phenols is 1. The van der Waals surface area contributed by atoms with Crippen LogP contribution in [0.15, 0.2) is 76.9 Å². The largest absolute Gasteiger partial charge is 0.508 e. The van der Waals surface area contributed by atoms with Crippen LogP contribution in [0.4, 0.5) is 5.69 Å². The van der Waals surface area contributed by atoms with E-state index >= 15 is 0 Å². The van der Waals surface area contributed by atoms with Crippen molar-refractivity contribution in [2.24, 2.45) is 17.8 Å². The lowest BCUT2D eigenvalue weighted by Gasteiger charge is -2.42. The van der Waals surface area contributed by atoms with Gasteiger partial charge in [-0.05, 0) is 74.1 Å². The average Bonchev–Trinajstić information content (AvgIpc) is 3.13. The molecule has 4 unspecified atom stereocenters. The maximum Gasteiger partial charge on any atom is 0.238 e. The third kappa shape index (κ3) is 3.46. The molecule has 4 atom stereocenters. The van der Waals surface area contributed by atoms with Crippen LogP contribution in [0, 0.1) is 24.7 Å². The summed E-state index contributed by atoms with van der Waals surface area (Å²) in [5, 5.41) is 10.3. The summed E-state index contributed by atoms with van der Waals surface area (Å²) in [6, 6.07) is 11.7. The number of ketones is 2. The van der Waals surface area contributed by atoms with E-state index in [-0.39, 0.29) is 35.6 Å². The van der Waals surface area contributed by atoms with Crippen molar-refractivity contribution in [3.63, 3.8) is 0 Å². The van der Waals surface area contributed by atoms with Gasteiger partial charge < -0.3 is 5.11 Å². The number of anilines is 1. The highest BCUT2D eigenvalue weighted by Crippen LogP contribution is 2.55. The summed E-state index contributed by atoms with van der Waals surface area (Å²) in [6.45, 7) is 3.49. The van der Waals surface area contributed by atoms with E-state index in [9.17, 15) is 24.3 Å². The summed E-state index contributed by atoms with van der Waals surface area (Å²) in [5.41, 5.74) is 4.16. The molecule has 0 spiro atoms. The van der Waals surface area contributed by atoms with Crippen molar-refractivity contribution in [1.82, 2.24) is 0 Å². The molecular formula is C30H24ClNO5. The molecule has 7 heteroatoms. The number of hydrogen-bond acceptors (Lipinski definition) is 5. The first-order valence-electron chi connectivity index (χ1n) is 12.3. The van der Waals surface area contributed by atoms with Gasteiger partial charge in [0.05, 0.1) is 17.5 Å². The minimum absolute atomic E-state index is 0.0918. The smallest absolute Gasteiger partial charge is 0.238 e. The highest BCUT2D eigenvalue weighted by atomic mass is 35.5. The SMILES string of the molecule is CC1=CC(=O)C2=C(C1=O)C(c1ccc(O)cc1)C1=CCC3C(=O)N(c4ccc(C)c(Cl)c4)C(=O)C3C1C2. The molecule has 2 aromatic carbocycles. The maximum absolute atomic E-state index is 13.9. The van der Waals surface area contributed by atoms with Crippen molar-refractivity contribution >= 4 is 40.7 Å². The molecule has 0 radical (unpaired) electrons. The number of rotatable bonds is 2. The van der Waals surface area contributed by atoms with Crippen molar-refractivity contribution in [1.29, 1.82) is 0 Å². The van der Waals surface area contributed by atoms with E-state index in [2.05, 4.69) is 0 Å². The Bertz CT molecular complexity index is 1510. The summed E-state index contributed by atoms with van der Waals surface area (Å²) < 4.78 is 0. The molecule has 186 valence electrons. The van der Waals surface area contributed by atoms with Crippen LogP contribution >= 0.6 is 11.6 Å². The number of phenolic OH excluding ortho intramolecular Hbond substituents is 1. The molecule has 37 heavy (non-hydrogen) atoms. The second kappa shape index (κ2) is 8.38. The quantitative estimate of drug-likeness (QED) is 0.347. The zero-order valence-corrected chi connectivity index (χ0v) is 21.1. The van der Waals surface area contributed by atoms with Crippen LogP contribution in [0.2, 0.25) is 5.02 Å². The lowest BCUT2D eigenvalue weighted by atomic mass is 9.59. The number of amides is 2. The van der Waals surface area contributed by atoms with E-state index < -0.39 is 23.7 Å². The van der Waals surface area contributed by atoms with Crippen LogP contribution in [0.25, 0.3) is 0 Å². The number of fused-ring (bicyclic) bond motifs is 3. The van der Waals surface area contributed by atoms with Crippen LogP contribution < -0.4 is 4.90 Å². The third-order valence-electron chi connectivity index (χ3n) is 8.20. The van der Waals surface area contributed by atoms with Gasteiger partial charge in [-0.2, -0.15) is 0 Å². The molecule has 1 fully saturated rings. The summed E-state index contributed by atoms with van der Waals surface area (Å²) in [5.74, 6) is -3.01. The van der Waals surface area contributed by atoms with Crippen molar-refractivity contribution < 1.29 is 24.3 Å². The molecular weight excluding hydrogens is 490 g/mol. The number of imide groups is 1. The molecule has 1 N–H and O–H groups in total. The van der Waals surface area contributed by atoms with Gasteiger partial charge in [-0.3, -0.25) is 19.2 Å². The van der Waals surface area contributed by atoms with Gasteiger partial charge in [-0.15, -0.1) is 0 Å². The molecule has 4 aliphatic rings. The topological polar surface area (TPSA) is 91.8 Å². The van der Waals surface area contributed by atoms with E-state index in [4.69, 9.17) is 11.6 Å². The Balaban J connectivity index is 1.47. The van der Waals surface area contributed by atoms with Gasteiger partial charge in [-0.25, -0.2) is 4.90 Å². The van der Waals surface area contributed by atoms with Crippen molar-refractivity contribution in [2.75, 3.05) is 4.90 Å². The second-order valence-corrected chi connectivity index (χ2v) is 10.7. The lowest BCUT2D eigenvalue weighted by Crippen LogP contribution is -2.39. The maximum atomic E-state index is 13.9. The summed E-state index contributed by atoms with van der Waals surface area (Å²) in [7, 11) is 0. The first-order chi connectivity index (χ1) is 17.7. The number of aromatic hydroxyl groups is 1. The number of Topliss-reactive ketones (excluding diaryl/α,β-unsaturated/α-hetero) is 1. The number of carbonyl (C=O) groups is 4. The molecule has 1 aliphatic heterocycles. The number of aryl methyl sites for hydroxylation is 1. The summed E-state index contributed by atoms with van der Waals surface area (Å²) >= 11 is 6.31. The van der Waals surface area contributed by atoms with Crippen LogP contribution in [0.3, 0.4) is 0 Å². The Kier molecular flexibility index (Phi) is 5.35. The molecule has 0 aromatic heterocycles. The van der Waals surface area contributed by atoms with Gasteiger partial charge >= 0.3 is 0 Å². The van der Waals surface area contributed by atoms with Gasteiger partial charge in [0.2, 0.25) is 11.8 Å². The van der Waals surface area contributed by atoms with E-state index in [1.54, 1.807) is 49.4 Å². The minimum Gasteiger partial charge on any atom is -0.508 e. The molecule has 0 saturated carbocycles. The zero-order chi connectivity index (χ0) is 26.2. The van der Waals surface area contributed by atoms with Gasteiger partial charge in [0.25, 0.3) is 0 Å². The third-order valence-corrected chi connectivity index (χ3v) is 8.61. The Labute approximate surface area is 218 Å². The summed E-state index contributed by atoms with van der Waals surface area (Å²) in [6.07, 6.45) is 3.94. The lowest BCUT2D eigenvalue weighted by molar-refractivity contribution is -0.123. The number of carbonyl (C=O) groups excluding carboxylic acids is 4. The molecule has 3 aliphatic carbocycles. The predicted octanol–water partition coefficient (Wildman–Crippen LogP) is 4.99. The standard InChI is InChI=1S/C30H24ClNO5/c1-14-3-6-17(12-23(14)31)32-29(36)20-10-9-19-21(26(20)30(32)37)13-22-24(34)11-15(2)28(35)27(22)25(19)16-4-7-18(33)8-5-16/h3-9,11-12,20-21,25-26,33H,10,13H2,1-2H3. The first-order valence-corrected chi connectivity index (χ1v) is 12.7. The van der Waals surface area contributed by atoms with Crippen LogP contribution in [-0.2, 0) is 19.2 Å². The van der Waals surface area contributed by atoms with Gasteiger partial charge in [0, 0.05) is 27.7 Å². The Morgan fingerprint density at radius 2 is 1.68 bits per heavy atom. The van der Waals surface area contributed by atoms with Gasteiger partial charge in [0.1, 0.15) is 5.75 Å². The van der Waals surface area contributed by atoms with Crippen LogP contribution in [-0.4, -0.2) is 28.5 Å². The molecule has 6 nitrogen and oxygen atoms in total. The molecule has 1 heterocycles. The average molecular weight is 514 g/mol. The highest BCUT2D eigenvalue weighted by molar-refractivity contribution is 6.32. The fourth-order valence-corrected chi connectivity index (χ4v) is 6.56. The Morgan fingerprint density at radius 1 is 0.946 bits per heavy atom. The molecule has 1 saturated heterocycles. The van der Waals surface area contributed by atoms with Crippen LogP contribution in [0.1, 0.15) is 36.8 Å². The fourth-order valence-electron chi connectivity index (χ4n) is 6.38. The van der Waals surface area contributed by atoms with E-state index in [0.29, 0.717) is 33.9 Å². The van der Waals surface area contributed by atoms with Crippen molar-refractivity contribution in [3.05, 3.63) is 93.1 Å². The highest BCUT2D eigenvalue weighted by Gasteiger charge is 2.56. The molecule has 2 aromatic rings. The minimum atomic E-state index is -0.642. The van der Waals surface area contributed by atoms with Crippen molar-refractivity contribution in [3.8, 4) is 5.75 Å². The number of hydrogen-bond donors (Lipinski definition) is 1. The molecule has 6 rings (SSSR count). The number of benzene rings is 2. The van der Waals surface area contributed by atoms with E-state index in [0.717, 1.165) is 16.7 Å². The zero-order valence-electron chi connectivity index (χ0n) is 20.3. The number of halogens is 1. The number of nitrogens with zero attached hydrogens (tertiary/aromatic N) is 1. The van der Waals surface area contributed by atoms with Gasteiger partial charge in [0.15, 0.2) is 11.6 Å². The summed E-state index contributed by atoms with van der Waals surface area (Å²) in [4.78, 5) is 55.1. The Hall–Kier alpha value is -3.77. The monoisotopic (exact) mass is 513 g/mol. The van der Waals surface area contributed by atoms with E-state index in [1.165, 1.54) is 11.0 Å². The van der Waals surface area contributed by atoms with E-state index in [1.807, 2.05) is 13.0 Å². The molecule has 0 bridgehead atoms. The normalized spacial score (nSPS) is 27.1. The van der Waals surface area contributed by atoms with Crippen molar-refractivity contribution in [2.45, 2.75) is 32.6 Å². The number of allylic oxidation sites excluding steroid dienone is 6. The van der Waals surface area contributed by atoms with Gasteiger partial charge in [-0.1, -0.05) is 41.4 Å². The fraction of sp³-hybridized carbons (Fsp3) is 0.267. The first kappa shape index (κ1) is 23.6. The predicted molar refractivity (Wildman–Crippen MR) is 138 cm³/mol. The molecule has 2 amide bonds.